The fourth-order valence-electron chi connectivity index (χ4n) is 5.31. The smallest absolute Gasteiger partial charge is 0.251 e. The Morgan fingerprint density at radius 3 is 2.93 bits per heavy atom. The lowest BCUT2D eigenvalue weighted by Gasteiger charge is -2.37. The van der Waals surface area contributed by atoms with Gasteiger partial charge in [-0.2, -0.15) is 0 Å². The van der Waals surface area contributed by atoms with E-state index in [2.05, 4.69) is 65.2 Å². The van der Waals surface area contributed by atoms with Crippen LogP contribution in [0.3, 0.4) is 0 Å². The zero-order valence-corrected chi connectivity index (χ0v) is 17.1. The molecule has 2 aliphatic heterocycles. The van der Waals surface area contributed by atoms with Gasteiger partial charge in [0.2, 0.25) is 0 Å². The molecule has 0 bridgehead atoms. The summed E-state index contributed by atoms with van der Waals surface area (Å²) < 4.78 is 0. The number of carbonyl (C=O) groups is 1. The summed E-state index contributed by atoms with van der Waals surface area (Å²) in [4.78, 5) is 15.3. The van der Waals surface area contributed by atoms with Crippen molar-refractivity contribution in [3.63, 3.8) is 0 Å². The Bertz CT molecular complexity index is 1020. The molecule has 2 heterocycles. The van der Waals surface area contributed by atoms with Crippen molar-refractivity contribution >= 4 is 23.0 Å². The zero-order chi connectivity index (χ0) is 19.8. The first-order chi connectivity index (χ1) is 14.0. The fourth-order valence-corrected chi connectivity index (χ4v) is 5.31. The number of amides is 1. The Morgan fingerprint density at radius 2 is 2.14 bits per heavy atom. The predicted molar refractivity (Wildman–Crippen MR) is 118 cm³/mol. The molecule has 150 valence electrons. The van der Waals surface area contributed by atoms with Crippen molar-refractivity contribution in [2.75, 3.05) is 22.6 Å². The maximum absolute atomic E-state index is 13.1. The molecule has 1 amide bonds. The molecule has 5 aliphatic rings. The van der Waals surface area contributed by atoms with Gasteiger partial charge in [-0.1, -0.05) is 24.3 Å². The van der Waals surface area contributed by atoms with Crippen LogP contribution in [0.5, 0.6) is 0 Å². The molecule has 2 atom stereocenters. The molecule has 1 spiro atoms. The normalized spacial score (nSPS) is 28.8. The van der Waals surface area contributed by atoms with Crippen LogP contribution in [0.2, 0.25) is 0 Å². The molecule has 5 nitrogen and oxygen atoms in total. The number of hydrogen-bond acceptors (Lipinski definition) is 4. The number of carbonyl (C=O) groups excluding carboxylic acids is 1. The lowest BCUT2D eigenvalue weighted by Crippen LogP contribution is -2.39. The molecule has 1 aromatic carbocycles. The average molecular weight is 389 g/mol. The topological polar surface area (TPSA) is 56.4 Å². The van der Waals surface area contributed by atoms with E-state index in [1.807, 2.05) is 0 Å². The summed E-state index contributed by atoms with van der Waals surface area (Å²) in [6.07, 6.45) is 15.6. The standard InChI is InChI=1S/C24H28N4O/c1-14-25-22-20(28(14)2)11-19(23(29)26-17-7-8-17)18-9-10-24(27-21(18)22)12-15-5-3-4-6-16(15)13-24/h3-5,11,13-14,17,25,27H,6-10,12H2,1-2H3,(H,26,29). The minimum absolute atomic E-state index is 0.0361. The molecule has 1 saturated carbocycles. The minimum Gasteiger partial charge on any atom is -0.374 e. The molecular weight excluding hydrogens is 360 g/mol. The summed E-state index contributed by atoms with van der Waals surface area (Å²) in [6, 6.07) is 2.47. The minimum atomic E-state index is -0.0361. The maximum Gasteiger partial charge on any atom is 0.251 e. The van der Waals surface area contributed by atoms with Crippen LogP contribution in [0.1, 0.15) is 54.9 Å². The first-order valence-corrected chi connectivity index (χ1v) is 10.9. The van der Waals surface area contributed by atoms with Gasteiger partial charge >= 0.3 is 0 Å². The van der Waals surface area contributed by atoms with E-state index in [1.165, 1.54) is 16.7 Å². The number of hydrogen-bond donors (Lipinski definition) is 3. The van der Waals surface area contributed by atoms with Crippen molar-refractivity contribution < 1.29 is 4.79 Å². The lowest BCUT2D eigenvalue weighted by molar-refractivity contribution is 0.0950. The third kappa shape index (κ3) is 2.63. The summed E-state index contributed by atoms with van der Waals surface area (Å²) in [7, 11) is 2.10. The van der Waals surface area contributed by atoms with Gasteiger partial charge in [0.1, 0.15) is 0 Å². The van der Waals surface area contributed by atoms with Gasteiger partial charge in [0.15, 0.2) is 0 Å². The quantitative estimate of drug-likeness (QED) is 0.714. The van der Waals surface area contributed by atoms with Gasteiger partial charge in [-0.25, -0.2) is 0 Å². The molecular formula is C24H28N4O. The van der Waals surface area contributed by atoms with Crippen LogP contribution >= 0.6 is 0 Å². The number of anilines is 3. The first kappa shape index (κ1) is 17.2. The van der Waals surface area contributed by atoms with Gasteiger partial charge in [-0.15, -0.1) is 0 Å². The van der Waals surface area contributed by atoms with Gasteiger partial charge in [0.05, 0.1) is 28.8 Å². The SMILES string of the molecule is CC1Nc2c(cc(C(=O)NC3CC3)c3c2NC2(C=C4CC=CC=C4C2)CC3)N1C. The van der Waals surface area contributed by atoms with Gasteiger partial charge < -0.3 is 20.9 Å². The van der Waals surface area contributed by atoms with Crippen molar-refractivity contribution in [1.29, 1.82) is 0 Å². The Kier molecular flexibility index (Phi) is 3.50. The number of nitrogens with one attached hydrogen (secondary N) is 3. The molecule has 0 radical (unpaired) electrons. The highest BCUT2D eigenvalue weighted by Crippen LogP contribution is 2.51. The number of benzene rings is 1. The Hall–Kier alpha value is -2.69. The summed E-state index contributed by atoms with van der Waals surface area (Å²) in [5.41, 5.74) is 8.30. The van der Waals surface area contributed by atoms with Crippen LogP contribution in [0.15, 0.2) is 41.5 Å². The first-order valence-electron chi connectivity index (χ1n) is 10.9. The van der Waals surface area contributed by atoms with Gasteiger partial charge in [-0.05, 0) is 68.2 Å². The molecule has 0 aromatic heterocycles. The van der Waals surface area contributed by atoms with E-state index in [4.69, 9.17) is 0 Å². The summed E-state index contributed by atoms with van der Waals surface area (Å²) in [6.45, 7) is 2.16. The second-order valence-corrected chi connectivity index (χ2v) is 9.30. The maximum atomic E-state index is 13.1. The van der Waals surface area contributed by atoms with Crippen molar-refractivity contribution in [3.8, 4) is 0 Å². The van der Waals surface area contributed by atoms with Crippen LogP contribution in [0.25, 0.3) is 0 Å². The van der Waals surface area contributed by atoms with E-state index < -0.39 is 0 Å². The molecule has 6 rings (SSSR count). The number of rotatable bonds is 2. The van der Waals surface area contributed by atoms with Crippen molar-refractivity contribution in [2.45, 2.75) is 63.2 Å². The van der Waals surface area contributed by atoms with E-state index in [-0.39, 0.29) is 17.6 Å². The molecule has 1 fully saturated rings. The van der Waals surface area contributed by atoms with Crippen molar-refractivity contribution in [2.24, 2.45) is 0 Å². The summed E-state index contributed by atoms with van der Waals surface area (Å²) in [5, 5.41) is 10.8. The van der Waals surface area contributed by atoms with Gasteiger partial charge in [0.25, 0.3) is 5.91 Å². The third-order valence-electron chi connectivity index (χ3n) is 7.22. The summed E-state index contributed by atoms with van der Waals surface area (Å²) >= 11 is 0. The van der Waals surface area contributed by atoms with E-state index in [1.54, 1.807) is 0 Å². The molecule has 1 aromatic rings. The van der Waals surface area contributed by atoms with Crippen molar-refractivity contribution in [3.05, 3.63) is 52.6 Å². The van der Waals surface area contributed by atoms with E-state index in [0.717, 1.165) is 61.2 Å². The molecule has 29 heavy (non-hydrogen) atoms. The second-order valence-electron chi connectivity index (χ2n) is 9.30. The van der Waals surface area contributed by atoms with Crippen LogP contribution in [0, 0.1) is 0 Å². The highest BCUT2D eigenvalue weighted by molar-refractivity contribution is 6.03. The number of allylic oxidation sites excluding steroid dienone is 4. The zero-order valence-electron chi connectivity index (χ0n) is 17.1. The monoisotopic (exact) mass is 388 g/mol. The average Bonchev–Trinajstić information content (AvgIpc) is 3.38. The molecule has 3 aliphatic carbocycles. The van der Waals surface area contributed by atoms with Crippen LogP contribution in [-0.2, 0) is 6.42 Å². The Labute approximate surface area is 171 Å². The highest BCUT2D eigenvalue weighted by Gasteiger charge is 2.42. The molecule has 3 N–H and O–H groups in total. The third-order valence-corrected chi connectivity index (χ3v) is 7.22. The van der Waals surface area contributed by atoms with Crippen LogP contribution in [-0.4, -0.2) is 30.7 Å². The largest absolute Gasteiger partial charge is 0.374 e. The van der Waals surface area contributed by atoms with Gasteiger partial charge in [-0.3, -0.25) is 4.79 Å². The Balaban J connectivity index is 1.44. The van der Waals surface area contributed by atoms with Gasteiger partial charge in [0, 0.05) is 18.7 Å². The Morgan fingerprint density at radius 1 is 1.28 bits per heavy atom. The number of nitrogens with zero attached hydrogens (tertiary/aromatic N) is 1. The number of fused-ring (bicyclic) bond motifs is 4. The molecule has 0 saturated heterocycles. The van der Waals surface area contributed by atoms with Crippen LogP contribution < -0.4 is 20.9 Å². The van der Waals surface area contributed by atoms with E-state index >= 15 is 0 Å². The molecule has 5 heteroatoms. The fraction of sp³-hybridized carbons (Fsp3) is 0.458. The second kappa shape index (κ2) is 5.91. The van der Waals surface area contributed by atoms with Crippen LogP contribution in [0.4, 0.5) is 17.1 Å². The van der Waals surface area contributed by atoms with E-state index in [0.29, 0.717) is 6.04 Å². The highest BCUT2D eigenvalue weighted by atomic mass is 16.1. The summed E-state index contributed by atoms with van der Waals surface area (Å²) in [5.74, 6) is 0.0857. The lowest BCUT2D eigenvalue weighted by atomic mass is 9.82. The van der Waals surface area contributed by atoms with E-state index in [9.17, 15) is 4.79 Å². The molecule has 2 unspecified atom stereocenters. The van der Waals surface area contributed by atoms with Crippen molar-refractivity contribution in [1.82, 2.24) is 5.32 Å². The predicted octanol–water partition coefficient (Wildman–Crippen LogP) is 4.10.